The Kier molecular flexibility index (Phi) is 3.97. The Labute approximate surface area is 116 Å². The number of pyridine rings is 1. The van der Waals surface area contributed by atoms with Crippen molar-refractivity contribution in [3.63, 3.8) is 0 Å². The van der Waals surface area contributed by atoms with Crippen molar-refractivity contribution < 1.29 is 14.3 Å². The number of aromatic nitrogens is 4. The number of rotatable bonds is 4. The molecule has 2 heterocycles. The third-order valence-electron chi connectivity index (χ3n) is 2.99. The van der Waals surface area contributed by atoms with E-state index in [-0.39, 0.29) is 5.69 Å². The van der Waals surface area contributed by atoms with Gasteiger partial charge in [0.15, 0.2) is 5.69 Å². The highest BCUT2D eigenvalue weighted by atomic mass is 16.5. The fourth-order valence-corrected chi connectivity index (χ4v) is 1.96. The van der Waals surface area contributed by atoms with Crippen LogP contribution < -0.4 is 4.74 Å². The molecule has 2 aromatic heterocycles. The van der Waals surface area contributed by atoms with Crippen molar-refractivity contribution in [3.05, 3.63) is 34.9 Å². The zero-order valence-electron chi connectivity index (χ0n) is 11.9. The quantitative estimate of drug-likeness (QED) is 0.779. The SMILES string of the molecule is COC(=O)c1cn(Cc2ncc(C)c(OC)c2C)nn1. The summed E-state index contributed by atoms with van der Waals surface area (Å²) in [5.74, 6) is 0.297. The number of carbonyl (C=O) groups excluding carboxylic acids is 1. The summed E-state index contributed by atoms with van der Waals surface area (Å²) >= 11 is 0. The summed E-state index contributed by atoms with van der Waals surface area (Å²) in [6.45, 7) is 4.28. The van der Waals surface area contributed by atoms with Crippen LogP contribution in [0.1, 0.15) is 27.3 Å². The van der Waals surface area contributed by atoms with Crippen molar-refractivity contribution in [1.29, 1.82) is 0 Å². The normalized spacial score (nSPS) is 10.4. The second-order valence-corrected chi connectivity index (χ2v) is 4.34. The van der Waals surface area contributed by atoms with Crippen LogP contribution in [-0.4, -0.2) is 40.2 Å². The van der Waals surface area contributed by atoms with Crippen molar-refractivity contribution in [1.82, 2.24) is 20.0 Å². The highest BCUT2D eigenvalue weighted by Crippen LogP contribution is 2.24. The standard InChI is InChI=1S/C13H16N4O3/c1-8-5-14-10(9(2)12(8)19-3)6-17-7-11(15-16-17)13(18)20-4/h5,7H,6H2,1-4H3. The average molecular weight is 276 g/mol. The number of aryl methyl sites for hydroxylation is 1. The van der Waals surface area contributed by atoms with Gasteiger partial charge in [-0.2, -0.15) is 0 Å². The summed E-state index contributed by atoms with van der Waals surface area (Å²) in [6, 6.07) is 0. The fourth-order valence-electron chi connectivity index (χ4n) is 1.96. The molecule has 0 unspecified atom stereocenters. The lowest BCUT2D eigenvalue weighted by atomic mass is 10.1. The molecule has 0 aliphatic heterocycles. The van der Waals surface area contributed by atoms with E-state index in [0.717, 1.165) is 22.6 Å². The van der Waals surface area contributed by atoms with E-state index in [1.54, 1.807) is 13.3 Å². The summed E-state index contributed by atoms with van der Waals surface area (Å²) in [6.07, 6.45) is 3.28. The number of esters is 1. The van der Waals surface area contributed by atoms with Gasteiger partial charge in [-0.1, -0.05) is 5.21 Å². The molecule has 0 amide bonds. The monoisotopic (exact) mass is 276 g/mol. The maximum absolute atomic E-state index is 11.3. The Hall–Kier alpha value is -2.44. The second-order valence-electron chi connectivity index (χ2n) is 4.34. The summed E-state index contributed by atoms with van der Waals surface area (Å²) in [5.41, 5.74) is 2.91. The summed E-state index contributed by atoms with van der Waals surface area (Å²) in [4.78, 5) is 15.7. The van der Waals surface area contributed by atoms with Gasteiger partial charge in [-0.05, 0) is 13.8 Å². The maximum atomic E-state index is 11.3. The van der Waals surface area contributed by atoms with Crippen LogP contribution in [0.25, 0.3) is 0 Å². The van der Waals surface area contributed by atoms with E-state index in [4.69, 9.17) is 4.74 Å². The Balaban J connectivity index is 2.26. The van der Waals surface area contributed by atoms with E-state index >= 15 is 0 Å². The van der Waals surface area contributed by atoms with Gasteiger partial charge in [0.05, 0.1) is 32.7 Å². The number of hydrogen-bond donors (Lipinski definition) is 0. The minimum absolute atomic E-state index is 0.171. The van der Waals surface area contributed by atoms with Crippen LogP contribution in [0.5, 0.6) is 5.75 Å². The molecule has 0 aromatic carbocycles. The molecule has 0 spiro atoms. The molecule has 0 saturated carbocycles. The lowest BCUT2D eigenvalue weighted by molar-refractivity contribution is 0.0594. The Morgan fingerprint density at radius 2 is 2.10 bits per heavy atom. The average Bonchev–Trinajstić information content (AvgIpc) is 2.90. The molecule has 106 valence electrons. The first-order valence-corrected chi connectivity index (χ1v) is 6.04. The Morgan fingerprint density at radius 3 is 2.75 bits per heavy atom. The third-order valence-corrected chi connectivity index (χ3v) is 2.99. The number of hydrogen-bond acceptors (Lipinski definition) is 6. The first-order chi connectivity index (χ1) is 9.56. The smallest absolute Gasteiger partial charge is 0.360 e. The Morgan fingerprint density at radius 1 is 1.35 bits per heavy atom. The highest BCUT2D eigenvalue weighted by Gasteiger charge is 2.13. The second kappa shape index (κ2) is 5.68. The Bertz CT molecular complexity index is 637. The van der Waals surface area contributed by atoms with Gasteiger partial charge in [-0.15, -0.1) is 5.10 Å². The molecule has 0 fully saturated rings. The van der Waals surface area contributed by atoms with Gasteiger partial charge in [0.2, 0.25) is 0 Å². The summed E-state index contributed by atoms with van der Waals surface area (Å²) < 4.78 is 11.5. The van der Waals surface area contributed by atoms with Gasteiger partial charge in [0.25, 0.3) is 0 Å². The highest BCUT2D eigenvalue weighted by molar-refractivity contribution is 5.86. The third kappa shape index (κ3) is 2.61. The number of ether oxygens (including phenoxy) is 2. The van der Waals surface area contributed by atoms with Gasteiger partial charge in [-0.25, -0.2) is 9.48 Å². The van der Waals surface area contributed by atoms with Crippen LogP contribution in [-0.2, 0) is 11.3 Å². The molecule has 20 heavy (non-hydrogen) atoms. The van der Waals surface area contributed by atoms with Crippen molar-refractivity contribution in [2.24, 2.45) is 0 Å². The maximum Gasteiger partial charge on any atom is 0.360 e. The summed E-state index contributed by atoms with van der Waals surface area (Å²) in [5, 5.41) is 7.64. The van der Waals surface area contributed by atoms with Crippen molar-refractivity contribution >= 4 is 5.97 Å². The van der Waals surface area contributed by atoms with Gasteiger partial charge in [0, 0.05) is 17.3 Å². The van der Waals surface area contributed by atoms with Crippen molar-refractivity contribution in [3.8, 4) is 5.75 Å². The molecule has 0 saturated heterocycles. The molecule has 0 aliphatic rings. The predicted molar refractivity (Wildman–Crippen MR) is 70.7 cm³/mol. The van der Waals surface area contributed by atoms with Crippen LogP contribution in [0.2, 0.25) is 0 Å². The molecule has 0 N–H and O–H groups in total. The molecule has 0 radical (unpaired) electrons. The lowest BCUT2D eigenvalue weighted by Crippen LogP contribution is -2.07. The molecular weight excluding hydrogens is 260 g/mol. The van der Waals surface area contributed by atoms with Gasteiger partial charge >= 0.3 is 5.97 Å². The van der Waals surface area contributed by atoms with Crippen molar-refractivity contribution in [2.75, 3.05) is 14.2 Å². The topological polar surface area (TPSA) is 79.1 Å². The molecule has 2 aromatic rings. The van der Waals surface area contributed by atoms with Gasteiger partial charge < -0.3 is 9.47 Å². The lowest BCUT2D eigenvalue weighted by Gasteiger charge is -2.11. The largest absolute Gasteiger partial charge is 0.496 e. The van der Waals surface area contributed by atoms with Gasteiger partial charge in [-0.3, -0.25) is 4.98 Å². The molecule has 7 nitrogen and oxygen atoms in total. The first-order valence-electron chi connectivity index (χ1n) is 6.04. The van der Waals surface area contributed by atoms with E-state index < -0.39 is 5.97 Å². The molecular formula is C13H16N4O3. The summed E-state index contributed by atoms with van der Waals surface area (Å²) in [7, 11) is 2.93. The number of nitrogens with zero attached hydrogens (tertiary/aromatic N) is 4. The zero-order valence-corrected chi connectivity index (χ0v) is 11.9. The van der Waals surface area contributed by atoms with E-state index in [0.29, 0.717) is 6.54 Å². The molecule has 0 bridgehead atoms. The number of methoxy groups -OCH3 is 2. The zero-order chi connectivity index (χ0) is 14.7. The van der Waals surface area contributed by atoms with Crippen LogP contribution in [0.3, 0.4) is 0 Å². The molecule has 0 atom stereocenters. The van der Waals surface area contributed by atoms with E-state index in [1.807, 2.05) is 13.8 Å². The van der Waals surface area contributed by atoms with Crippen LogP contribution in [0.4, 0.5) is 0 Å². The molecule has 0 aliphatic carbocycles. The van der Waals surface area contributed by atoms with Crippen LogP contribution in [0, 0.1) is 13.8 Å². The number of carbonyl (C=O) groups is 1. The molecule has 7 heteroatoms. The molecule has 2 rings (SSSR count). The fraction of sp³-hybridized carbons (Fsp3) is 0.385. The van der Waals surface area contributed by atoms with Gasteiger partial charge in [0.1, 0.15) is 5.75 Å². The van der Waals surface area contributed by atoms with Crippen LogP contribution in [0.15, 0.2) is 12.4 Å². The van der Waals surface area contributed by atoms with E-state index in [2.05, 4.69) is 20.0 Å². The first kappa shape index (κ1) is 14.0. The predicted octanol–water partition coefficient (Wildman–Crippen LogP) is 1.13. The van der Waals surface area contributed by atoms with Crippen LogP contribution >= 0.6 is 0 Å². The minimum atomic E-state index is -0.512. The van der Waals surface area contributed by atoms with Crippen molar-refractivity contribution in [2.45, 2.75) is 20.4 Å². The van der Waals surface area contributed by atoms with E-state index in [1.165, 1.54) is 18.0 Å². The minimum Gasteiger partial charge on any atom is -0.496 e. The van der Waals surface area contributed by atoms with E-state index in [9.17, 15) is 4.79 Å².